The van der Waals surface area contributed by atoms with Gasteiger partial charge in [0.25, 0.3) is 0 Å². The van der Waals surface area contributed by atoms with Crippen LogP contribution < -0.4 is 0 Å². The van der Waals surface area contributed by atoms with Gasteiger partial charge in [0.05, 0.1) is 0 Å². The smallest absolute Gasteiger partial charge is 0.0319 e. The van der Waals surface area contributed by atoms with Crippen LogP contribution in [0.15, 0.2) is 18.2 Å². The van der Waals surface area contributed by atoms with Crippen LogP contribution in [0.5, 0.6) is 0 Å². The molecule has 0 atom stereocenters. The quantitative estimate of drug-likeness (QED) is 0.396. The minimum absolute atomic E-state index is 0. The molecular formula is C6H9OTi-. The van der Waals surface area contributed by atoms with Gasteiger partial charge in [-0.2, -0.15) is 6.08 Å². The number of aliphatic hydroxyl groups is 1. The average Bonchev–Trinajstić information content (AvgIpc) is 2.23. The topological polar surface area (TPSA) is 20.2 Å². The second-order valence-electron chi connectivity index (χ2n) is 1.00. The first-order valence-corrected chi connectivity index (χ1v) is 2.16. The standard InChI is InChI=1S/C5H5.CH4O.Ti/c1-2-4-5-3-1;1-2;/h1-3H,4H2;2H,1H3;/q-1;;. The van der Waals surface area contributed by atoms with Crippen molar-refractivity contribution in [2.75, 3.05) is 7.11 Å². The Labute approximate surface area is 65.0 Å². The van der Waals surface area contributed by atoms with Crippen LogP contribution in [0.2, 0.25) is 0 Å². The molecule has 0 aromatic carbocycles. The maximum absolute atomic E-state index is 7.00. The predicted molar refractivity (Wildman–Crippen MR) is 29.7 cm³/mol. The molecule has 1 N–H and O–H groups in total. The first kappa shape index (κ1) is 11.0. The van der Waals surface area contributed by atoms with Crippen molar-refractivity contribution < 1.29 is 26.8 Å². The molecule has 0 aliphatic heterocycles. The molecule has 2 heteroatoms. The van der Waals surface area contributed by atoms with Gasteiger partial charge in [-0.25, -0.2) is 12.2 Å². The van der Waals surface area contributed by atoms with Crippen molar-refractivity contribution in [3.8, 4) is 0 Å². The Balaban J connectivity index is 0. The number of allylic oxidation sites excluding steroid dienone is 4. The van der Waals surface area contributed by atoms with Gasteiger partial charge in [-0.1, -0.05) is 0 Å². The van der Waals surface area contributed by atoms with Crippen molar-refractivity contribution >= 4 is 0 Å². The Morgan fingerprint density at radius 3 is 2.25 bits per heavy atom. The van der Waals surface area contributed by atoms with Gasteiger partial charge in [-0.3, -0.25) is 6.08 Å². The Morgan fingerprint density at radius 2 is 2.12 bits per heavy atom. The fraction of sp³-hybridized carbons (Fsp3) is 0.333. The normalized spacial score (nSPS) is 11.8. The van der Waals surface area contributed by atoms with Crippen molar-refractivity contribution in [1.29, 1.82) is 0 Å². The van der Waals surface area contributed by atoms with Gasteiger partial charge in [0.15, 0.2) is 0 Å². The second kappa shape index (κ2) is 10.2. The van der Waals surface area contributed by atoms with E-state index in [0.29, 0.717) is 0 Å². The summed E-state index contributed by atoms with van der Waals surface area (Å²) in [6.07, 6.45) is 10.0. The van der Waals surface area contributed by atoms with E-state index in [4.69, 9.17) is 5.11 Å². The van der Waals surface area contributed by atoms with E-state index in [1.807, 2.05) is 12.2 Å². The Kier molecular flexibility index (Phi) is 14.0. The molecule has 1 rings (SSSR count). The molecular weight excluding hydrogens is 136 g/mol. The molecule has 0 saturated carbocycles. The number of hydrogen-bond acceptors (Lipinski definition) is 1. The van der Waals surface area contributed by atoms with Crippen molar-refractivity contribution in [2.24, 2.45) is 0 Å². The fourth-order valence-corrected chi connectivity index (χ4v) is 0.340. The summed E-state index contributed by atoms with van der Waals surface area (Å²) in [7, 11) is 1.00. The Morgan fingerprint density at radius 1 is 1.50 bits per heavy atom. The summed E-state index contributed by atoms with van der Waals surface area (Å²) in [5.41, 5.74) is 0. The minimum atomic E-state index is 0. The molecule has 0 aromatic rings. The molecule has 0 saturated heterocycles. The molecule has 0 unspecified atom stereocenters. The predicted octanol–water partition coefficient (Wildman–Crippen LogP) is 0.912. The van der Waals surface area contributed by atoms with Crippen molar-refractivity contribution in [3.05, 3.63) is 24.3 Å². The van der Waals surface area contributed by atoms with Crippen LogP contribution >= 0.6 is 0 Å². The third-order valence-corrected chi connectivity index (χ3v) is 0.586. The molecule has 0 spiro atoms. The Hall–Kier alpha value is 0.154. The maximum atomic E-state index is 7.00. The fourth-order valence-electron chi connectivity index (χ4n) is 0.340. The summed E-state index contributed by atoms with van der Waals surface area (Å²) in [4.78, 5) is 0. The van der Waals surface area contributed by atoms with E-state index in [1.54, 1.807) is 0 Å². The molecule has 0 bridgehead atoms. The maximum Gasteiger partial charge on any atom is 0.0319 e. The first-order valence-electron chi connectivity index (χ1n) is 2.16. The largest absolute Gasteiger partial charge is 0.400 e. The van der Waals surface area contributed by atoms with Crippen LogP contribution in [0.3, 0.4) is 0 Å². The van der Waals surface area contributed by atoms with E-state index in [-0.39, 0.29) is 21.7 Å². The minimum Gasteiger partial charge on any atom is -0.400 e. The van der Waals surface area contributed by atoms with Crippen LogP contribution in [0.1, 0.15) is 6.42 Å². The Bertz CT molecular complexity index is 66.6. The van der Waals surface area contributed by atoms with Crippen molar-refractivity contribution in [3.63, 3.8) is 0 Å². The van der Waals surface area contributed by atoms with Gasteiger partial charge in [-0.15, -0.1) is 6.42 Å². The SMILES string of the molecule is CO.[C-]1=CC=CC1.[Ti]. The van der Waals surface area contributed by atoms with Crippen LogP contribution in [0.4, 0.5) is 0 Å². The van der Waals surface area contributed by atoms with Gasteiger partial charge < -0.3 is 5.11 Å². The average molecular weight is 145 g/mol. The molecule has 0 radical (unpaired) electrons. The van der Waals surface area contributed by atoms with E-state index in [0.717, 1.165) is 13.5 Å². The third-order valence-electron chi connectivity index (χ3n) is 0.586. The number of rotatable bonds is 0. The zero-order valence-electron chi connectivity index (χ0n) is 4.89. The molecule has 0 amide bonds. The van der Waals surface area contributed by atoms with Crippen molar-refractivity contribution in [2.45, 2.75) is 6.42 Å². The summed E-state index contributed by atoms with van der Waals surface area (Å²) >= 11 is 0. The molecule has 1 nitrogen and oxygen atoms in total. The van der Waals surface area contributed by atoms with Crippen molar-refractivity contribution in [1.82, 2.24) is 0 Å². The summed E-state index contributed by atoms with van der Waals surface area (Å²) in [5.74, 6) is 0. The molecule has 8 heavy (non-hydrogen) atoms. The van der Waals surface area contributed by atoms with Crippen LogP contribution in [-0.2, 0) is 21.7 Å². The zero-order valence-corrected chi connectivity index (χ0v) is 6.45. The van der Waals surface area contributed by atoms with Gasteiger partial charge in [0.1, 0.15) is 0 Å². The van der Waals surface area contributed by atoms with Crippen LogP contribution in [0.25, 0.3) is 0 Å². The van der Waals surface area contributed by atoms with Gasteiger partial charge in [-0.05, 0) is 0 Å². The molecule has 44 valence electrons. The molecule has 0 fully saturated rings. The van der Waals surface area contributed by atoms with Crippen LogP contribution in [-0.4, -0.2) is 12.2 Å². The number of hydrogen-bond donors (Lipinski definition) is 1. The summed E-state index contributed by atoms with van der Waals surface area (Å²) in [6, 6.07) is 0. The summed E-state index contributed by atoms with van der Waals surface area (Å²) < 4.78 is 0. The van der Waals surface area contributed by atoms with Crippen LogP contribution in [0, 0.1) is 6.08 Å². The third kappa shape index (κ3) is 6.15. The molecule has 0 heterocycles. The number of aliphatic hydroxyl groups excluding tert-OH is 1. The summed E-state index contributed by atoms with van der Waals surface area (Å²) in [5, 5.41) is 7.00. The second-order valence-corrected chi connectivity index (χ2v) is 1.00. The zero-order chi connectivity index (χ0) is 5.54. The van der Waals surface area contributed by atoms with E-state index < -0.39 is 0 Å². The van der Waals surface area contributed by atoms with E-state index in [9.17, 15) is 0 Å². The molecule has 1 aliphatic rings. The van der Waals surface area contributed by atoms with Gasteiger partial charge >= 0.3 is 0 Å². The molecule has 1 aliphatic carbocycles. The van der Waals surface area contributed by atoms with Gasteiger partial charge in [0.2, 0.25) is 0 Å². The first-order chi connectivity index (χ1) is 3.50. The summed E-state index contributed by atoms with van der Waals surface area (Å²) in [6.45, 7) is 0. The van der Waals surface area contributed by atoms with E-state index >= 15 is 0 Å². The molecule has 0 aromatic heterocycles. The monoisotopic (exact) mass is 145 g/mol. The van der Waals surface area contributed by atoms with E-state index in [1.165, 1.54) is 0 Å². The van der Waals surface area contributed by atoms with Gasteiger partial charge in [0, 0.05) is 28.8 Å². The van der Waals surface area contributed by atoms with E-state index in [2.05, 4.69) is 12.2 Å².